The highest BCUT2D eigenvalue weighted by molar-refractivity contribution is 5.35. The van der Waals surface area contributed by atoms with Crippen LogP contribution in [0.4, 0.5) is 0 Å². The molecule has 0 saturated heterocycles. The van der Waals surface area contributed by atoms with Crippen molar-refractivity contribution in [2.75, 3.05) is 0 Å². The molecule has 90 valence electrons. The van der Waals surface area contributed by atoms with E-state index in [9.17, 15) is 10.4 Å². The van der Waals surface area contributed by atoms with Gasteiger partial charge in [-0.1, -0.05) is 37.1 Å². The van der Waals surface area contributed by atoms with Crippen molar-refractivity contribution in [2.24, 2.45) is 5.41 Å². The Morgan fingerprint density at radius 1 is 1.29 bits per heavy atom. The van der Waals surface area contributed by atoms with Crippen LogP contribution in [0.5, 0.6) is 0 Å². The number of nitrogens with zero attached hydrogens (tertiary/aromatic N) is 1. The van der Waals surface area contributed by atoms with Crippen LogP contribution in [0.3, 0.4) is 0 Å². The number of hydrogen-bond donors (Lipinski definition) is 1. The number of benzene rings is 1. The van der Waals surface area contributed by atoms with E-state index in [4.69, 9.17) is 0 Å². The summed E-state index contributed by atoms with van der Waals surface area (Å²) in [5.74, 6) is 0. The van der Waals surface area contributed by atoms with Crippen molar-refractivity contribution in [3.05, 3.63) is 35.4 Å². The highest BCUT2D eigenvalue weighted by atomic mass is 16.3. The van der Waals surface area contributed by atoms with Crippen molar-refractivity contribution < 1.29 is 5.11 Å². The molecular formula is C15H19NO. The van der Waals surface area contributed by atoms with Gasteiger partial charge in [0, 0.05) is 0 Å². The third-order valence-corrected chi connectivity index (χ3v) is 4.27. The van der Waals surface area contributed by atoms with Crippen LogP contribution >= 0.6 is 0 Å². The van der Waals surface area contributed by atoms with E-state index in [1.165, 1.54) is 0 Å². The van der Waals surface area contributed by atoms with E-state index in [1.54, 1.807) is 6.92 Å². The Labute approximate surface area is 103 Å². The van der Waals surface area contributed by atoms with Crippen LogP contribution in [0.2, 0.25) is 0 Å². The zero-order valence-corrected chi connectivity index (χ0v) is 10.5. The van der Waals surface area contributed by atoms with Gasteiger partial charge in [-0.15, -0.1) is 0 Å². The molecule has 0 spiro atoms. The van der Waals surface area contributed by atoms with Gasteiger partial charge in [-0.25, -0.2) is 0 Å². The summed E-state index contributed by atoms with van der Waals surface area (Å²) < 4.78 is 0. The normalized spacial score (nSPS) is 21.8. The molecule has 17 heavy (non-hydrogen) atoms. The van der Waals surface area contributed by atoms with Gasteiger partial charge < -0.3 is 5.11 Å². The molecule has 1 aliphatic carbocycles. The summed E-state index contributed by atoms with van der Waals surface area (Å²) in [7, 11) is 0. The van der Waals surface area contributed by atoms with Crippen LogP contribution < -0.4 is 0 Å². The Bertz CT molecular complexity index is 450. The molecule has 1 atom stereocenters. The Balaban J connectivity index is 2.49. The zero-order valence-electron chi connectivity index (χ0n) is 10.5. The third-order valence-electron chi connectivity index (χ3n) is 4.27. The molecule has 2 rings (SSSR count). The van der Waals surface area contributed by atoms with Crippen molar-refractivity contribution in [1.82, 2.24) is 0 Å². The highest BCUT2D eigenvalue weighted by Crippen LogP contribution is 2.51. The molecule has 0 bridgehead atoms. The Kier molecular flexibility index (Phi) is 2.97. The van der Waals surface area contributed by atoms with E-state index in [2.05, 4.69) is 6.07 Å². The minimum absolute atomic E-state index is 0.612. The lowest BCUT2D eigenvalue weighted by Gasteiger charge is -2.38. The lowest BCUT2D eigenvalue weighted by molar-refractivity contribution is -0.0427. The van der Waals surface area contributed by atoms with E-state index in [0.717, 1.165) is 36.8 Å². The first-order valence-corrected chi connectivity index (χ1v) is 6.23. The Hall–Kier alpha value is -1.33. The van der Waals surface area contributed by atoms with E-state index in [-0.39, 0.29) is 0 Å². The van der Waals surface area contributed by atoms with E-state index in [0.29, 0.717) is 0 Å². The molecule has 1 aromatic carbocycles. The average molecular weight is 229 g/mol. The summed E-state index contributed by atoms with van der Waals surface area (Å²) in [6.07, 6.45) is 3.67. The fourth-order valence-corrected chi connectivity index (χ4v) is 3.06. The van der Waals surface area contributed by atoms with Crippen LogP contribution in [0.1, 0.15) is 43.7 Å². The van der Waals surface area contributed by atoms with E-state index < -0.39 is 11.0 Å². The molecule has 0 aromatic heterocycles. The second-order valence-electron chi connectivity index (χ2n) is 5.29. The summed E-state index contributed by atoms with van der Waals surface area (Å²) in [6.45, 7) is 3.79. The third kappa shape index (κ3) is 1.75. The quantitative estimate of drug-likeness (QED) is 0.845. The molecule has 2 heteroatoms. The van der Waals surface area contributed by atoms with Crippen LogP contribution in [0.25, 0.3) is 0 Å². The van der Waals surface area contributed by atoms with Crippen LogP contribution in [-0.2, 0) is 5.60 Å². The first-order chi connectivity index (χ1) is 8.03. The summed E-state index contributed by atoms with van der Waals surface area (Å²) in [5, 5.41) is 20.4. The Morgan fingerprint density at radius 3 is 2.41 bits per heavy atom. The van der Waals surface area contributed by atoms with Gasteiger partial charge in [0.1, 0.15) is 5.60 Å². The summed E-state index contributed by atoms with van der Waals surface area (Å²) in [5.41, 5.74) is 0.283. The zero-order chi connectivity index (χ0) is 12.5. The summed E-state index contributed by atoms with van der Waals surface area (Å²) >= 11 is 0. The molecular weight excluding hydrogens is 210 g/mol. The molecule has 0 radical (unpaired) electrons. The van der Waals surface area contributed by atoms with Gasteiger partial charge >= 0.3 is 0 Å². The summed E-state index contributed by atoms with van der Waals surface area (Å²) in [4.78, 5) is 0. The molecule has 1 N–H and O–H groups in total. The van der Waals surface area contributed by atoms with Crippen molar-refractivity contribution in [2.45, 2.75) is 45.1 Å². The highest BCUT2D eigenvalue weighted by Gasteiger charge is 2.50. The predicted octanol–water partition coefficient (Wildman–Crippen LogP) is 3.29. The average Bonchev–Trinajstić information content (AvgIpc) is 2.79. The van der Waals surface area contributed by atoms with Gasteiger partial charge in [0.15, 0.2) is 0 Å². The van der Waals surface area contributed by atoms with E-state index >= 15 is 0 Å². The minimum atomic E-state index is -1.05. The molecule has 1 aromatic rings. The van der Waals surface area contributed by atoms with Gasteiger partial charge in [-0.05, 0) is 37.8 Å². The number of hydrogen-bond acceptors (Lipinski definition) is 2. The molecule has 1 saturated carbocycles. The van der Waals surface area contributed by atoms with E-state index in [1.807, 2.05) is 31.2 Å². The molecule has 0 aliphatic heterocycles. The predicted molar refractivity (Wildman–Crippen MR) is 67.3 cm³/mol. The molecule has 1 unspecified atom stereocenters. The number of rotatable bonds is 2. The monoisotopic (exact) mass is 229 g/mol. The van der Waals surface area contributed by atoms with Crippen molar-refractivity contribution in [3.63, 3.8) is 0 Å². The van der Waals surface area contributed by atoms with Crippen molar-refractivity contribution in [3.8, 4) is 6.07 Å². The molecule has 1 aliphatic rings. The lowest BCUT2D eigenvalue weighted by atomic mass is 9.68. The van der Waals surface area contributed by atoms with Gasteiger partial charge in [-0.3, -0.25) is 0 Å². The minimum Gasteiger partial charge on any atom is -0.384 e. The fraction of sp³-hybridized carbons (Fsp3) is 0.533. The van der Waals surface area contributed by atoms with Crippen LogP contribution in [0.15, 0.2) is 24.3 Å². The van der Waals surface area contributed by atoms with Gasteiger partial charge in [-0.2, -0.15) is 5.26 Å². The first-order valence-electron chi connectivity index (χ1n) is 6.23. The molecule has 0 heterocycles. The lowest BCUT2D eigenvalue weighted by Crippen LogP contribution is -2.41. The molecule has 1 fully saturated rings. The number of aliphatic hydroxyl groups is 1. The topological polar surface area (TPSA) is 44.0 Å². The summed E-state index contributed by atoms with van der Waals surface area (Å²) in [6, 6.07) is 10.2. The molecule has 2 nitrogen and oxygen atoms in total. The maximum absolute atomic E-state index is 10.9. The SMILES string of the molecule is Cc1ccccc1C(C)(O)C1(C#N)CCCC1. The maximum Gasteiger partial charge on any atom is 0.106 e. The largest absolute Gasteiger partial charge is 0.384 e. The maximum atomic E-state index is 10.9. The second kappa shape index (κ2) is 4.16. The smallest absolute Gasteiger partial charge is 0.106 e. The van der Waals surface area contributed by atoms with Crippen LogP contribution in [0, 0.1) is 23.7 Å². The Morgan fingerprint density at radius 2 is 1.88 bits per heavy atom. The van der Waals surface area contributed by atoms with Gasteiger partial charge in [0.2, 0.25) is 0 Å². The van der Waals surface area contributed by atoms with Crippen molar-refractivity contribution in [1.29, 1.82) is 5.26 Å². The second-order valence-corrected chi connectivity index (χ2v) is 5.29. The van der Waals surface area contributed by atoms with Crippen LogP contribution in [-0.4, -0.2) is 5.11 Å². The van der Waals surface area contributed by atoms with Gasteiger partial charge in [0.25, 0.3) is 0 Å². The first kappa shape index (κ1) is 12.1. The number of nitriles is 1. The van der Waals surface area contributed by atoms with Crippen molar-refractivity contribution >= 4 is 0 Å². The number of aryl methyl sites for hydroxylation is 1. The molecule has 0 amide bonds. The van der Waals surface area contributed by atoms with Gasteiger partial charge in [0.05, 0.1) is 11.5 Å². The standard InChI is InChI=1S/C15H19NO/c1-12-7-3-4-8-13(12)14(2,17)15(11-16)9-5-6-10-15/h3-4,7-8,17H,5-6,9-10H2,1-2H3. The fourth-order valence-electron chi connectivity index (χ4n) is 3.06.